The number of amides is 1. The highest BCUT2D eigenvalue weighted by molar-refractivity contribution is 6.35. The van der Waals surface area contributed by atoms with Crippen LogP contribution in [0.15, 0.2) is 36.7 Å². The van der Waals surface area contributed by atoms with Gasteiger partial charge in [-0.15, -0.1) is 0 Å². The molecule has 1 fully saturated rings. The van der Waals surface area contributed by atoms with Gasteiger partial charge in [-0.05, 0) is 18.2 Å². The van der Waals surface area contributed by atoms with E-state index in [9.17, 15) is 18.0 Å². The van der Waals surface area contributed by atoms with E-state index in [4.69, 9.17) is 21.1 Å². The van der Waals surface area contributed by atoms with Crippen LogP contribution in [-0.4, -0.2) is 65.7 Å². The Bertz CT molecular complexity index is 1170. The maximum Gasteiger partial charge on any atom is 0.451 e. The molecule has 0 radical (unpaired) electrons. The fraction of sp³-hybridized carbons (Fsp3) is 0.364. The quantitative estimate of drug-likeness (QED) is 0.559. The Morgan fingerprint density at radius 2 is 1.91 bits per heavy atom. The number of morpholine rings is 1. The van der Waals surface area contributed by atoms with Crippen LogP contribution in [0.5, 0.6) is 5.88 Å². The van der Waals surface area contributed by atoms with Crippen LogP contribution in [0.25, 0.3) is 10.9 Å². The largest absolute Gasteiger partial charge is 0.481 e. The summed E-state index contributed by atoms with van der Waals surface area (Å²) in [4.78, 5) is 26.4. The number of alkyl halides is 3. The minimum atomic E-state index is -4.64. The summed E-state index contributed by atoms with van der Waals surface area (Å²) in [6.07, 6.45) is -2.35. The van der Waals surface area contributed by atoms with Crippen molar-refractivity contribution < 1.29 is 27.4 Å². The number of ether oxygens (including phenoxy) is 2. The second kappa shape index (κ2) is 10.1. The first kappa shape index (κ1) is 24.1. The topological polar surface area (TPSA) is 89.5 Å². The van der Waals surface area contributed by atoms with E-state index in [1.54, 1.807) is 24.3 Å². The number of nitrogens with zero attached hydrogens (tertiary/aromatic N) is 4. The summed E-state index contributed by atoms with van der Waals surface area (Å²) in [5, 5.41) is 3.65. The highest BCUT2D eigenvalue weighted by atomic mass is 35.5. The Labute approximate surface area is 198 Å². The Hall–Kier alpha value is -3.02. The fourth-order valence-electron chi connectivity index (χ4n) is 3.78. The number of methoxy groups -OCH3 is 1. The highest BCUT2D eigenvalue weighted by Gasteiger charge is 2.35. The number of carbonyl (C=O) groups is 1. The molecule has 2 aromatic heterocycles. The van der Waals surface area contributed by atoms with Crippen LogP contribution >= 0.6 is 11.6 Å². The molecule has 1 atom stereocenters. The molecule has 1 saturated heterocycles. The number of nitrogens with one attached hydrogen (secondary N) is 1. The SMILES string of the molecule is COc1ccc2c(C(=O)NCC(c3cnc(C(F)(F)F)nc3)N3CCOCC3)c(Cl)ccc2n1. The van der Waals surface area contributed by atoms with Crippen LogP contribution in [0.2, 0.25) is 5.02 Å². The molecule has 12 heteroatoms. The summed E-state index contributed by atoms with van der Waals surface area (Å²) < 4.78 is 49.2. The molecular formula is C22H21ClF3N5O3. The number of benzene rings is 1. The molecule has 0 saturated carbocycles. The van der Waals surface area contributed by atoms with Crippen LogP contribution in [0, 0.1) is 0 Å². The molecule has 1 N–H and O–H groups in total. The molecule has 8 nitrogen and oxygen atoms in total. The lowest BCUT2D eigenvalue weighted by Crippen LogP contribution is -2.44. The molecule has 1 aliphatic heterocycles. The normalized spacial score (nSPS) is 15.8. The van der Waals surface area contributed by atoms with Crippen LogP contribution in [0.3, 0.4) is 0 Å². The first-order chi connectivity index (χ1) is 16.3. The van der Waals surface area contributed by atoms with Crippen LogP contribution < -0.4 is 10.1 Å². The fourth-order valence-corrected chi connectivity index (χ4v) is 4.03. The first-order valence-corrected chi connectivity index (χ1v) is 10.8. The van der Waals surface area contributed by atoms with Crippen molar-refractivity contribution in [2.45, 2.75) is 12.2 Å². The number of aromatic nitrogens is 3. The van der Waals surface area contributed by atoms with Crippen LogP contribution in [-0.2, 0) is 10.9 Å². The molecule has 34 heavy (non-hydrogen) atoms. The number of fused-ring (bicyclic) bond motifs is 1. The molecule has 3 heterocycles. The van der Waals surface area contributed by atoms with Gasteiger partial charge in [-0.2, -0.15) is 13.2 Å². The number of pyridine rings is 1. The Balaban J connectivity index is 1.59. The van der Waals surface area contributed by atoms with E-state index in [0.29, 0.717) is 48.6 Å². The molecule has 1 unspecified atom stereocenters. The minimum absolute atomic E-state index is 0.101. The van der Waals surface area contributed by atoms with Crippen LogP contribution in [0.4, 0.5) is 13.2 Å². The van der Waals surface area contributed by atoms with Crippen molar-refractivity contribution in [2.24, 2.45) is 0 Å². The van der Waals surface area contributed by atoms with Gasteiger partial charge in [-0.1, -0.05) is 11.6 Å². The summed E-state index contributed by atoms with van der Waals surface area (Å²) in [6.45, 7) is 2.12. The summed E-state index contributed by atoms with van der Waals surface area (Å²) >= 11 is 6.34. The Morgan fingerprint density at radius 1 is 1.21 bits per heavy atom. The maximum absolute atomic E-state index is 13.2. The molecule has 0 bridgehead atoms. The monoisotopic (exact) mass is 495 g/mol. The van der Waals surface area contributed by atoms with Crippen LogP contribution in [0.1, 0.15) is 27.8 Å². The zero-order chi connectivity index (χ0) is 24.3. The first-order valence-electron chi connectivity index (χ1n) is 10.4. The lowest BCUT2D eigenvalue weighted by molar-refractivity contribution is -0.145. The molecule has 0 aliphatic carbocycles. The zero-order valence-electron chi connectivity index (χ0n) is 18.1. The second-order valence-electron chi connectivity index (χ2n) is 7.55. The van der Waals surface area contributed by atoms with Gasteiger partial charge in [0.25, 0.3) is 5.91 Å². The van der Waals surface area contributed by atoms with Gasteiger partial charge in [0, 0.05) is 49.0 Å². The van der Waals surface area contributed by atoms with Crippen molar-refractivity contribution in [3.63, 3.8) is 0 Å². The summed E-state index contributed by atoms with van der Waals surface area (Å²) in [6, 6.07) is 6.14. The van der Waals surface area contributed by atoms with Gasteiger partial charge < -0.3 is 14.8 Å². The lowest BCUT2D eigenvalue weighted by Gasteiger charge is -2.34. The minimum Gasteiger partial charge on any atom is -0.481 e. The molecule has 0 spiro atoms. The van der Waals surface area contributed by atoms with Gasteiger partial charge in [-0.25, -0.2) is 15.0 Å². The van der Waals surface area contributed by atoms with Crippen molar-refractivity contribution in [3.8, 4) is 5.88 Å². The summed E-state index contributed by atoms with van der Waals surface area (Å²) in [5.41, 5.74) is 1.24. The molecule has 3 aromatic rings. The molecule has 1 aromatic carbocycles. The van der Waals surface area contributed by atoms with Gasteiger partial charge in [0.15, 0.2) is 0 Å². The van der Waals surface area contributed by atoms with E-state index in [-0.39, 0.29) is 17.1 Å². The van der Waals surface area contributed by atoms with Crippen molar-refractivity contribution in [1.29, 1.82) is 0 Å². The van der Waals surface area contributed by atoms with Crippen molar-refractivity contribution in [3.05, 3.63) is 58.6 Å². The van der Waals surface area contributed by atoms with Gasteiger partial charge in [0.2, 0.25) is 11.7 Å². The van der Waals surface area contributed by atoms with Crippen molar-refractivity contribution in [1.82, 2.24) is 25.2 Å². The molecular weight excluding hydrogens is 475 g/mol. The van der Waals surface area contributed by atoms with E-state index in [1.807, 2.05) is 4.90 Å². The van der Waals surface area contributed by atoms with Gasteiger partial charge >= 0.3 is 6.18 Å². The third kappa shape index (κ3) is 5.21. The third-order valence-electron chi connectivity index (χ3n) is 5.48. The summed E-state index contributed by atoms with van der Waals surface area (Å²) in [7, 11) is 1.49. The number of hydrogen-bond acceptors (Lipinski definition) is 7. The number of rotatable bonds is 6. The van der Waals surface area contributed by atoms with E-state index in [1.165, 1.54) is 7.11 Å². The zero-order valence-corrected chi connectivity index (χ0v) is 18.9. The standard InChI is InChI=1S/C22H21ClF3N5O3/c1-33-18-5-2-14-16(30-18)4-3-15(23)19(14)20(32)27-12-17(31-6-8-34-9-7-31)13-10-28-21(29-11-13)22(24,25)26/h2-5,10-11,17H,6-9,12H2,1H3,(H,27,32). The molecule has 4 rings (SSSR count). The lowest BCUT2D eigenvalue weighted by atomic mass is 10.1. The second-order valence-corrected chi connectivity index (χ2v) is 7.96. The van der Waals surface area contributed by atoms with E-state index in [0.717, 1.165) is 12.4 Å². The van der Waals surface area contributed by atoms with Crippen molar-refractivity contribution in [2.75, 3.05) is 40.0 Å². The predicted octanol–water partition coefficient (Wildman–Crippen LogP) is 3.51. The van der Waals surface area contributed by atoms with Gasteiger partial charge in [0.05, 0.1) is 42.5 Å². The van der Waals surface area contributed by atoms with Gasteiger partial charge in [-0.3, -0.25) is 9.69 Å². The van der Waals surface area contributed by atoms with E-state index < -0.39 is 23.9 Å². The summed E-state index contributed by atoms with van der Waals surface area (Å²) in [5.74, 6) is -1.25. The highest BCUT2D eigenvalue weighted by Crippen LogP contribution is 2.29. The Kier molecular flexibility index (Phi) is 7.15. The smallest absolute Gasteiger partial charge is 0.451 e. The maximum atomic E-state index is 13.2. The Morgan fingerprint density at radius 3 is 2.56 bits per heavy atom. The average Bonchev–Trinajstić information content (AvgIpc) is 2.84. The van der Waals surface area contributed by atoms with E-state index in [2.05, 4.69) is 20.3 Å². The molecule has 180 valence electrons. The molecule has 1 aliphatic rings. The number of hydrogen-bond donors (Lipinski definition) is 1. The third-order valence-corrected chi connectivity index (χ3v) is 5.80. The molecule has 1 amide bonds. The number of halogens is 4. The predicted molar refractivity (Wildman–Crippen MR) is 118 cm³/mol. The van der Waals surface area contributed by atoms with E-state index >= 15 is 0 Å². The van der Waals surface area contributed by atoms with Gasteiger partial charge in [0.1, 0.15) is 0 Å². The average molecular weight is 496 g/mol. The number of carbonyl (C=O) groups excluding carboxylic acids is 1. The van der Waals surface area contributed by atoms with Crippen molar-refractivity contribution >= 4 is 28.4 Å².